The molecule has 0 aliphatic rings. The Morgan fingerprint density at radius 3 is 2.48 bits per heavy atom. The van der Waals surface area contributed by atoms with E-state index in [1.807, 2.05) is 48.5 Å². The summed E-state index contributed by atoms with van der Waals surface area (Å²) in [5.41, 5.74) is 4.45. The molecule has 1 amide bonds. The number of benzene rings is 2. The predicted molar refractivity (Wildman–Crippen MR) is 105 cm³/mol. The van der Waals surface area contributed by atoms with E-state index < -0.39 is 0 Å². The van der Waals surface area contributed by atoms with E-state index in [-0.39, 0.29) is 11.7 Å². The summed E-state index contributed by atoms with van der Waals surface area (Å²) >= 11 is 0. The molecule has 134 valence electrons. The van der Waals surface area contributed by atoms with Crippen molar-refractivity contribution in [1.29, 1.82) is 0 Å². The van der Waals surface area contributed by atoms with E-state index in [1.54, 1.807) is 23.9 Å². The first-order valence-electron chi connectivity index (χ1n) is 8.55. The van der Waals surface area contributed by atoms with Crippen LogP contribution in [0, 0.1) is 0 Å². The number of hydrogen-bond acceptors (Lipinski definition) is 3. The number of anilines is 1. The fourth-order valence-electron chi connectivity index (χ4n) is 2.98. The van der Waals surface area contributed by atoms with Crippen LogP contribution in [0.1, 0.15) is 27.8 Å². The van der Waals surface area contributed by atoms with Gasteiger partial charge in [0.15, 0.2) is 5.78 Å². The third-order valence-corrected chi connectivity index (χ3v) is 4.45. The van der Waals surface area contributed by atoms with E-state index in [1.165, 1.54) is 6.92 Å². The number of para-hydroxylation sites is 2. The molecule has 0 aliphatic carbocycles. The lowest BCUT2D eigenvalue weighted by atomic mass is 10.2. The molecule has 0 spiro atoms. The molecule has 0 atom stereocenters. The number of imidazole rings is 1. The normalized spacial score (nSPS) is 10.9. The highest BCUT2D eigenvalue weighted by Gasteiger charge is 2.14. The Labute approximate surface area is 155 Å². The lowest BCUT2D eigenvalue weighted by Gasteiger charge is -2.06. The molecule has 2 N–H and O–H groups in total. The van der Waals surface area contributed by atoms with E-state index in [2.05, 4.69) is 15.3 Å². The standard InChI is InChI=1S/C21H18N4O2/c1-13(26)15-11-19(25(2)12-15)21(27)22-16-9-7-14(8-10-16)20-23-17-5-3-4-6-18(17)24-20/h3-12H,1-2H3,(H,22,27)(H,23,24). The van der Waals surface area contributed by atoms with E-state index in [0.29, 0.717) is 16.9 Å². The maximum Gasteiger partial charge on any atom is 0.272 e. The number of Topliss-reactive ketones (excluding diaryl/α,β-unsaturated/α-hetero) is 1. The zero-order valence-corrected chi connectivity index (χ0v) is 15.0. The highest BCUT2D eigenvalue weighted by atomic mass is 16.2. The summed E-state index contributed by atoms with van der Waals surface area (Å²) in [6.45, 7) is 1.48. The molecule has 0 saturated carbocycles. The molecule has 0 radical (unpaired) electrons. The number of nitrogens with zero attached hydrogens (tertiary/aromatic N) is 2. The number of carbonyl (C=O) groups is 2. The molecule has 6 nitrogen and oxygen atoms in total. The third-order valence-electron chi connectivity index (χ3n) is 4.45. The molecule has 27 heavy (non-hydrogen) atoms. The van der Waals surface area contributed by atoms with Gasteiger partial charge in [0.1, 0.15) is 11.5 Å². The van der Waals surface area contributed by atoms with Gasteiger partial charge < -0.3 is 14.9 Å². The first-order chi connectivity index (χ1) is 13.0. The quantitative estimate of drug-likeness (QED) is 0.541. The second-order valence-electron chi connectivity index (χ2n) is 6.42. The number of ketones is 1. The average molecular weight is 358 g/mol. The van der Waals surface area contributed by atoms with Crippen LogP contribution in [0.15, 0.2) is 60.8 Å². The summed E-state index contributed by atoms with van der Waals surface area (Å²) in [5.74, 6) is 0.448. The molecular formula is C21H18N4O2. The number of fused-ring (bicyclic) bond motifs is 1. The van der Waals surface area contributed by atoms with E-state index in [0.717, 1.165) is 22.4 Å². The van der Waals surface area contributed by atoms with Crippen LogP contribution in [0.4, 0.5) is 5.69 Å². The molecule has 2 heterocycles. The Kier molecular flexibility index (Phi) is 4.08. The van der Waals surface area contributed by atoms with E-state index >= 15 is 0 Å². The smallest absolute Gasteiger partial charge is 0.272 e. The second kappa shape index (κ2) is 6.57. The van der Waals surface area contributed by atoms with Gasteiger partial charge >= 0.3 is 0 Å². The Morgan fingerprint density at radius 2 is 1.81 bits per heavy atom. The molecule has 0 saturated heterocycles. The molecule has 4 rings (SSSR count). The van der Waals surface area contributed by atoms with Gasteiger partial charge in [0.25, 0.3) is 5.91 Å². The highest BCUT2D eigenvalue weighted by Crippen LogP contribution is 2.22. The van der Waals surface area contributed by atoms with Crippen LogP contribution >= 0.6 is 0 Å². The van der Waals surface area contributed by atoms with Crippen molar-refractivity contribution in [2.45, 2.75) is 6.92 Å². The lowest BCUT2D eigenvalue weighted by molar-refractivity contribution is 0.101. The minimum absolute atomic E-state index is 0.0696. The molecular weight excluding hydrogens is 340 g/mol. The van der Waals surface area contributed by atoms with Crippen molar-refractivity contribution in [1.82, 2.24) is 14.5 Å². The Balaban J connectivity index is 1.54. The highest BCUT2D eigenvalue weighted by molar-refractivity contribution is 6.05. The summed E-state index contributed by atoms with van der Waals surface area (Å²) in [4.78, 5) is 31.8. The third kappa shape index (κ3) is 3.25. The lowest BCUT2D eigenvalue weighted by Crippen LogP contribution is -2.15. The van der Waals surface area contributed by atoms with Gasteiger partial charge in [-0.05, 0) is 49.4 Å². The van der Waals surface area contributed by atoms with Crippen LogP contribution in [0.25, 0.3) is 22.4 Å². The number of hydrogen-bond donors (Lipinski definition) is 2. The van der Waals surface area contributed by atoms with Gasteiger partial charge in [-0.2, -0.15) is 0 Å². The molecule has 6 heteroatoms. The summed E-state index contributed by atoms with van der Waals surface area (Å²) < 4.78 is 1.65. The maximum atomic E-state index is 12.5. The fraction of sp³-hybridized carbons (Fsp3) is 0.0952. The number of H-pyrrole nitrogens is 1. The van der Waals surface area contributed by atoms with Gasteiger partial charge in [0.2, 0.25) is 0 Å². The van der Waals surface area contributed by atoms with Gasteiger partial charge in [-0.1, -0.05) is 12.1 Å². The van der Waals surface area contributed by atoms with Crippen molar-refractivity contribution < 1.29 is 9.59 Å². The summed E-state index contributed by atoms with van der Waals surface area (Å²) in [7, 11) is 1.74. The van der Waals surface area contributed by atoms with Gasteiger partial charge in [0, 0.05) is 30.1 Å². The minimum Gasteiger partial charge on any atom is -0.346 e. The number of rotatable bonds is 4. The number of aromatic nitrogens is 3. The SMILES string of the molecule is CC(=O)c1cc(C(=O)Nc2ccc(-c3nc4ccccc4[nH]3)cc2)n(C)c1. The van der Waals surface area contributed by atoms with E-state index in [4.69, 9.17) is 0 Å². The Bertz CT molecular complexity index is 1120. The van der Waals surface area contributed by atoms with Crippen LogP contribution in [-0.4, -0.2) is 26.2 Å². The van der Waals surface area contributed by atoms with Crippen molar-refractivity contribution in [2.75, 3.05) is 5.32 Å². The van der Waals surface area contributed by atoms with Crippen LogP contribution in [0.5, 0.6) is 0 Å². The number of aryl methyl sites for hydroxylation is 1. The molecule has 4 aromatic rings. The number of nitrogens with one attached hydrogen (secondary N) is 2. The summed E-state index contributed by atoms with van der Waals surface area (Å²) in [5, 5.41) is 2.85. The topological polar surface area (TPSA) is 79.8 Å². The van der Waals surface area contributed by atoms with Crippen molar-refractivity contribution in [2.24, 2.45) is 7.05 Å². The molecule has 2 aromatic heterocycles. The second-order valence-corrected chi connectivity index (χ2v) is 6.42. The van der Waals surface area contributed by atoms with Crippen molar-refractivity contribution in [3.05, 3.63) is 72.1 Å². The average Bonchev–Trinajstić information content (AvgIpc) is 3.26. The monoisotopic (exact) mass is 358 g/mol. The minimum atomic E-state index is -0.263. The van der Waals surface area contributed by atoms with E-state index in [9.17, 15) is 9.59 Å². The molecule has 0 unspecified atom stereocenters. The first-order valence-corrected chi connectivity index (χ1v) is 8.55. The Hall–Kier alpha value is -3.67. The largest absolute Gasteiger partial charge is 0.346 e. The summed E-state index contributed by atoms with van der Waals surface area (Å²) in [6.07, 6.45) is 1.65. The van der Waals surface area contributed by atoms with Crippen LogP contribution < -0.4 is 5.32 Å². The van der Waals surface area contributed by atoms with Crippen molar-refractivity contribution in [3.8, 4) is 11.4 Å². The number of amides is 1. The van der Waals surface area contributed by atoms with Gasteiger partial charge in [-0.25, -0.2) is 4.98 Å². The first kappa shape index (κ1) is 16.8. The van der Waals surface area contributed by atoms with Gasteiger partial charge in [-0.3, -0.25) is 9.59 Å². The summed E-state index contributed by atoms with van der Waals surface area (Å²) in [6, 6.07) is 16.9. The Morgan fingerprint density at radius 1 is 1.07 bits per heavy atom. The van der Waals surface area contributed by atoms with Gasteiger partial charge in [0.05, 0.1) is 11.0 Å². The molecule has 2 aromatic carbocycles. The fourth-order valence-corrected chi connectivity index (χ4v) is 2.98. The molecule has 0 aliphatic heterocycles. The van der Waals surface area contributed by atoms with Crippen LogP contribution in [0.3, 0.4) is 0 Å². The van der Waals surface area contributed by atoms with Crippen LogP contribution in [0.2, 0.25) is 0 Å². The molecule has 0 bridgehead atoms. The van der Waals surface area contributed by atoms with Crippen LogP contribution in [-0.2, 0) is 7.05 Å². The number of carbonyl (C=O) groups excluding carboxylic acids is 2. The van der Waals surface area contributed by atoms with Crippen molar-refractivity contribution in [3.63, 3.8) is 0 Å². The predicted octanol–water partition coefficient (Wildman–Crippen LogP) is 4.02. The zero-order valence-electron chi connectivity index (χ0n) is 15.0. The van der Waals surface area contributed by atoms with Gasteiger partial charge in [-0.15, -0.1) is 0 Å². The van der Waals surface area contributed by atoms with Crippen molar-refractivity contribution >= 4 is 28.4 Å². The number of aromatic amines is 1. The molecule has 0 fully saturated rings. The zero-order chi connectivity index (χ0) is 19.0. The maximum absolute atomic E-state index is 12.5.